The summed E-state index contributed by atoms with van der Waals surface area (Å²) in [5.41, 5.74) is 7.23. The predicted octanol–water partition coefficient (Wildman–Crippen LogP) is 0.451. The fourth-order valence-electron chi connectivity index (χ4n) is 1.25. The van der Waals surface area contributed by atoms with E-state index >= 15 is 0 Å². The van der Waals surface area contributed by atoms with E-state index in [0.717, 1.165) is 5.69 Å². The molecule has 2 rings (SSSR count). The molecule has 0 aliphatic rings. The smallest absolute Gasteiger partial charge is 0.153 e. The molecule has 0 aliphatic carbocycles. The largest absolute Gasteiger partial charge is 0.382 e. The fraction of sp³-hybridized carbons (Fsp3) is 0. The van der Waals surface area contributed by atoms with E-state index in [1.807, 2.05) is 30.3 Å². The number of nitrogens with two attached hydrogens (primary N) is 2. The monoisotopic (exact) mass is 201 g/mol. The Morgan fingerprint density at radius 2 is 2.00 bits per heavy atom. The van der Waals surface area contributed by atoms with Crippen LogP contribution in [-0.2, 0) is 0 Å². The Morgan fingerprint density at radius 1 is 1.27 bits per heavy atom. The van der Waals surface area contributed by atoms with Gasteiger partial charge in [-0.25, -0.2) is 4.68 Å². The fourth-order valence-corrected chi connectivity index (χ4v) is 1.25. The van der Waals surface area contributed by atoms with Crippen molar-refractivity contribution in [2.45, 2.75) is 0 Å². The number of hydrogen-bond acceptors (Lipinski definition) is 3. The standard InChI is InChI=1S/C10H11N5/c11-10(14-12)8-6-13-15(7-8)9-4-2-1-3-5-9/h1-7H,12H2,(H2,11,14). The van der Waals surface area contributed by atoms with Crippen molar-refractivity contribution in [1.29, 1.82) is 0 Å². The van der Waals surface area contributed by atoms with Crippen LogP contribution in [0.4, 0.5) is 0 Å². The molecule has 0 saturated carbocycles. The molecule has 0 spiro atoms. The second-order valence-electron chi connectivity index (χ2n) is 3.02. The Morgan fingerprint density at radius 3 is 2.67 bits per heavy atom. The van der Waals surface area contributed by atoms with Gasteiger partial charge in [-0.1, -0.05) is 18.2 Å². The van der Waals surface area contributed by atoms with Gasteiger partial charge in [-0.2, -0.15) is 10.2 Å². The molecule has 4 N–H and O–H groups in total. The zero-order valence-corrected chi connectivity index (χ0v) is 8.04. The van der Waals surface area contributed by atoms with Crippen molar-refractivity contribution >= 4 is 5.84 Å². The van der Waals surface area contributed by atoms with E-state index in [1.54, 1.807) is 17.1 Å². The molecular formula is C10H11N5. The van der Waals surface area contributed by atoms with E-state index in [1.165, 1.54) is 0 Å². The highest BCUT2D eigenvalue weighted by molar-refractivity contribution is 5.96. The number of benzene rings is 1. The first-order chi connectivity index (χ1) is 7.31. The Bertz CT molecular complexity index is 472. The van der Waals surface area contributed by atoms with Gasteiger partial charge in [0.25, 0.3) is 0 Å². The lowest BCUT2D eigenvalue weighted by Gasteiger charge is -1.98. The summed E-state index contributed by atoms with van der Waals surface area (Å²) in [5, 5.41) is 7.56. The zero-order chi connectivity index (χ0) is 10.7. The van der Waals surface area contributed by atoms with Crippen LogP contribution in [0.2, 0.25) is 0 Å². The van der Waals surface area contributed by atoms with Crippen LogP contribution >= 0.6 is 0 Å². The summed E-state index contributed by atoms with van der Waals surface area (Å²) in [6.07, 6.45) is 3.40. The van der Waals surface area contributed by atoms with E-state index in [-0.39, 0.29) is 5.84 Å². The van der Waals surface area contributed by atoms with Crippen LogP contribution in [0, 0.1) is 0 Å². The number of hydrazone groups is 1. The van der Waals surface area contributed by atoms with Crippen molar-refractivity contribution in [1.82, 2.24) is 9.78 Å². The van der Waals surface area contributed by atoms with Crippen LogP contribution in [0.25, 0.3) is 5.69 Å². The molecule has 0 saturated heterocycles. The first-order valence-corrected chi connectivity index (χ1v) is 4.45. The number of hydrogen-bond donors (Lipinski definition) is 2. The van der Waals surface area contributed by atoms with Crippen LogP contribution < -0.4 is 11.6 Å². The Labute approximate surface area is 87.0 Å². The summed E-state index contributed by atoms with van der Waals surface area (Å²) in [5.74, 6) is 5.35. The zero-order valence-electron chi connectivity index (χ0n) is 8.04. The number of nitrogens with zero attached hydrogens (tertiary/aromatic N) is 3. The maximum Gasteiger partial charge on any atom is 0.153 e. The number of aromatic nitrogens is 2. The molecule has 5 heteroatoms. The van der Waals surface area contributed by atoms with Crippen molar-refractivity contribution in [3.8, 4) is 5.69 Å². The average Bonchev–Trinajstić information content (AvgIpc) is 2.78. The molecule has 5 nitrogen and oxygen atoms in total. The molecule has 1 aromatic carbocycles. The van der Waals surface area contributed by atoms with E-state index in [9.17, 15) is 0 Å². The van der Waals surface area contributed by atoms with Gasteiger partial charge < -0.3 is 11.6 Å². The minimum Gasteiger partial charge on any atom is -0.382 e. The molecule has 0 radical (unpaired) electrons. The second kappa shape index (κ2) is 3.83. The molecule has 1 aromatic heterocycles. The van der Waals surface area contributed by atoms with Gasteiger partial charge in [0, 0.05) is 6.20 Å². The summed E-state index contributed by atoms with van der Waals surface area (Å²) in [6, 6.07) is 9.73. The molecule has 0 bridgehead atoms. The maximum absolute atomic E-state index is 5.56. The SMILES string of the molecule is N/N=C(/N)c1cnn(-c2ccccc2)c1. The van der Waals surface area contributed by atoms with Crippen LogP contribution in [0.3, 0.4) is 0 Å². The summed E-state index contributed by atoms with van der Waals surface area (Å²) >= 11 is 0. The topological polar surface area (TPSA) is 82.2 Å². The molecule has 0 atom stereocenters. The molecule has 76 valence electrons. The lowest BCUT2D eigenvalue weighted by atomic mass is 10.3. The summed E-state index contributed by atoms with van der Waals surface area (Å²) < 4.78 is 1.72. The summed E-state index contributed by atoms with van der Waals surface area (Å²) in [6.45, 7) is 0. The van der Waals surface area contributed by atoms with E-state index in [2.05, 4.69) is 10.2 Å². The van der Waals surface area contributed by atoms with Crippen LogP contribution in [0.5, 0.6) is 0 Å². The Kier molecular flexibility index (Phi) is 2.37. The average molecular weight is 201 g/mol. The van der Waals surface area contributed by atoms with Crippen LogP contribution in [-0.4, -0.2) is 15.6 Å². The molecule has 0 amide bonds. The molecule has 15 heavy (non-hydrogen) atoms. The Hall–Kier alpha value is -2.30. The third-order valence-electron chi connectivity index (χ3n) is 2.04. The van der Waals surface area contributed by atoms with Gasteiger partial charge in [0.2, 0.25) is 0 Å². The van der Waals surface area contributed by atoms with Crippen molar-refractivity contribution < 1.29 is 0 Å². The number of amidine groups is 1. The van der Waals surface area contributed by atoms with Gasteiger partial charge >= 0.3 is 0 Å². The molecule has 0 aliphatic heterocycles. The highest BCUT2D eigenvalue weighted by Crippen LogP contribution is 2.06. The van der Waals surface area contributed by atoms with E-state index in [0.29, 0.717) is 5.56 Å². The molecule has 2 aromatic rings. The number of rotatable bonds is 2. The van der Waals surface area contributed by atoms with Gasteiger partial charge in [0.05, 0.1) is 17.4 Å². The minimum absolute atomic E-state index is 0.275. The van der Waals surface area contributed by atoms with Crippen LogP contribution in [0.1, 0.15) is 5.56 Å². The number of para-hydroxylation sites is 1. The minimum atomic E-state index is 0.275. The third-order valence-corrected chi connectivity index (χ3v) is 2.04. The van der Waals surface area contributed by atoms with E-state index in [4.69, 9.17) is 11.6 Å². The van der Waals surface area contributed by atoms with Gasteiger partial charge in [-0.15, -0.1) is 0 Å². The normalized spacial score (nSPS) is 11.6. The maximum atomic E-state index is 5.56. The Balaban J connectivity index is 2.36. The van der Waals surface area contributed by atoms with Crippen molar-refractivity contribution in [2.24, 2.45) is 16.7 Å². The van der Waals surface area contributed by atoms with E-state index < -0.39 is 0 Å². The summed E-state index contributed by atoms with van der Waals surface area (Å²) in [7, 11) is 0. The highest BCUT2D eigenvalue weighted by Gasteiger charge is 2.03. The van der Waals surface area contributed by atoms with Crippen LogP contribution in [0.15, 0.2) is 47.8 Å². The lowest BCUT2D eigenvalue weighted by molar-refractivity contribution is 0.880. The molecule has 0 fully saturated rings. The van der Waals surface area contributed by atoms with Crippen molar-refractivity contribution in [3.63, 3.8) is 0 Å². The van der Waals surface area contributed by atoms with Gasteiger partial charge in [0.1, 0.15) is 0 Å². The first-order valence-electron chi connectivity index (χ1n) is 4.45. The highest BCUT2D eigenvalue weighted by atomic mass is 15.3. The van der Waals surface area contributed by atoms with Gasteiger partial charge in [-0.3, -0.25) is 0 Å². The van der Waals surface area contributed by atoms with Gasteiger partial charge in [-0.05, 0) is 12.1 Å². The molecular weight excluding hydrogens is 190 g/mol. The first kappa shape index (κ1) is 9.26. The third kappa shape index (κ3) is 1.80. The van der Waals surface area contributed by atoms with Crippen molar-refractivity contribution in [3.05, 3.63) is 48.3 Å². The van der Waals surface area contributed by atoms with Crippen molar-refractivity contribution in [2.75, 3.05) is 0 Å². The summed E-state index contributed by atoms with van der Waals surface area (Å²) in [4.78, 5) is 0. The quantitative estimate of drug-likeness (QED) is 0.320. The molecule has 0 unspecified atom stereocenters. The lowest BCUT2D eigenvalue weighted by Crippen LogP contribution is -2.14. The predicted molar refractivity (Wildman–Crippen MR) is 58.5 cm³/mol. The van der Waals surface area contributed by atoms with Gasteiger partial charge in [0.15, 0.2) is 5.84 Å². The molecule has 1 heterocycles. The second-order valence-corrected chi connectivity index (χ2v) is 3.02.